The van der Waals surface area contributed by atoms with E-state index in [0.29, 0.717) is 18.7 Å². The standard InChI is InChI=1S/C10H17N3O3S/c1-16-5-7(4-14)12-10(15)8-6-17-9(13-8)2-3-11/h6-7,14H,2-5,11H2,1H3,(H,12,15). The maximum atomic E-state index is 11.7. The number of ether oxygens (including phenoxy) is 1. The number of nitrogens with two attached hydrogens (primary N) is 1. The summed E-state index contributed by atoms with van der Waals surface area (Å²) in [7, 11) is 1.51. The highest BCUT2D eigenvalue weighted by atomic mass is 32.1. The molecular formula is C10H17N3O3S. The van der Waals surface area contributed by atoms with Crippen molar-refractivity contribution in [3.63, 3.8) is 0 Å². The van der Waals surface area contributed by atoms with Crippen LogP contribution < -0.4 is 11.1 Å². The van der Waals surface area contributed by atoms with E-state index in [4.69, 9.17) is 15.6 Å². The summed E-state index contributed by atoms with van der Waals surface area (Å²) >= 11 is 1.40. The summed E-state index contributed by atoms with van der Waals surface area (Å²) < 4.78 is 4.87. The molecule has 0 radical (unpaired) electrons. The van der Waals surface area contributed by atoms with Gasteiger partial charge in [0.15, 0.2) is 0 Å². The zero-order chi connectivity index (χ0) is 12.7. The minimum Gasteiger partial charge on any atom is -0.394 e. The summed E-state index contributed by atoms with van der Waals surface area (Å²) in [4.78, 5) is 15.9. The van der Waals surface area contributed by atoms with Gasteiger partial charge in [0, 0.05) is 18.9 Å². The molecule has 96 valence electrons. The topological polar surface area (TPSA) is 97.5 Å². The summed E-state index contributed by atoms with van der Waals surface area (Å²) in [6.07, 6.45) is 0.666. The first-order valence-electron chi connectivity index (χ1n) is 5.26. The molecule has 17 heavy (non-hydrogen) atoms. The number of rotatable bonds is 7. The normalized spacial score (nSPS) is 12.4. The lowest BCUT2D eigenvalue weighted by Gasteiger charge is -2.13. The molecular weight excluding hydrogens is 242 g/mol. The van der Waals surface area contributed by atoms with Gasteiger partial charge in [0.1, 0.15) is 5.69 Å². The molecule has 0 aromatic carbocycles. The number of aliphatic hydroxyl groups is 1. The quantitative estimate of drug-likeness (QED) is 0.606. The SMILES string of the molecule is COCC(CO)NC(=O)c1csc(CCN)n1. The van der Waals surface area contributed by atoms with Crippen molar-refractivity contribution in [1.82, 2.24) is 10.3 Å². The fourth-order valence-corrected chi connectivity index (χ4v) is 2.05. The second-order valence-electron chi connectivity index (χ2n) is 3.47. The first-order valence-corrected chi connectivity index (χ1v) is 6.14. The number of methoxy groups -OCH3 is 1. The maximum absolute atomic E-state index is 11.7. The minimum atomic E-state index is -0.410. The summed E-state index contributed by atoms with van der Waals surface area (Å²) in [6, 6.07) is -0.410. The fourth-order valence-electron chi connectivity index (χ4n) is 1.25. The van der Waals surface area contributed by atoms with Crippen molar-refractivity contribution >= 4 is 17.2 Å². The highest BCUT2D eigenvalue weighted by Crippen LogP contribution is 2.10. The van der Waals surface area contributed by atoms with E-state index in [1.807, 2.05) is 0 Å². The number of aromatic nitrogens is 1. The highest BCUT2D eigenvalue weighted by Gasteiger charge is 2.15. The molecule has 1 unspecified atom stereocenters. The van der Waals surface area contributed by atoms with Gasteiger partial charge in [0.25, 0.3) is 5.91 Å². The van der Waals surface area contributed by atoms with Gasteiger partial charge in [-0.25, -0.2) is 4.98 Å². The van der Waals surface area contributed by atoms with E-state index < -0.39 is 6.04 Å². The number of amides is 1. The molecule has 0 aliphatic rings. The molecule has 1 aromatic heterocycles. The molecule has 0 saturated carbocycles. The smallest absolute Gasteiger partial charge is 0.271 e. The van der Waals surface area contributed by atoms with E-state index in [9.17, 15) is 4.79 Å². The Morgan fingerprint density at radius 2 is 2.53 bits per heavy atom. The molecule has 7 heteroatoms. The van der Waals surface area contributed by atoms with Gasteiger partial charge in [-0.1, -0.05) is 0 Å². The minimum absolute atomic E-state index is 0.167. The number of nitrogens with zero attached hydrogens (tertiary/aromatic N) is 1. The van der Waals surface area contributed by atoms with Crippen molar-refractivity contribution in [1.29, 1.82) is 0 Å². The second-order valence-corrected chi connectivity index (χ2v) is 4.42. The third-order valence-corrected chi connectivity index (χ3v) is 2.97. The summed E-state index contributed by atoms with van der Waals surface area (Å²) in [5.41, 5.74) is 5.76. The van der Waals surface area contributed by atoms with Crippen LogP contribution in [-0.4, -0.2) is 48.9 Å². The Hall–Kier alpha value is -1.02. The summed E-state index contributed by atoms with van der Waals surface area (Å²) in [5.74, 6) is -0.305. The highest BCUT2D eigenvalue weighted by molar-refractivity contribution is 7.09. The lowest BCUT2D eigenvalue weighted by molar-refractivity contribution is 0.0835. The fraction of sp³-hybridized carbons (Fsp3) is 0.600. The predicted molar refractivity (Wildman–Crippen MR) is 65.1 cm³/mol. The third-order valence-electron chi connectivity index (χ3n) is 2.07. The van der Waals surface area contributed by atoms with Crippen LogP contribution in [0.15, 0.2) is 5.38 Å². The Morgan fingerprint density at radius 1 is 1.76 bits per heavy atom. The van der Waals surface area contributed by atoms with Gasteiger partial charge in [0.2, 0.25) is 0 Å². The molecule has 0 aliphatic carbocycles. The molecule has 6 nitrogen and oxygen atoms in total. The lowest BCUT2D eigenvalue weighted by Crippen LogP contribution is -2.40. The molecule has 0 saturated heterocycles. The molecule has 1 atom stereocenters. The summed E-state index contributed by atoms with van der Waals surface area (Å²) in [5, 5.41) is 14.2. The number of nitrogens with one attached hydrogen (secondary N) is 1. The van der Waals surface area contributed by atoms with Gasteiger partial charge in [-0.3, -0.25) is 4.79 Å². The van der Waals surface area contributed by atoms with Gasteiger partial charge in [-0.15, -0.1) is 11.3 Å². The first-order chi connectivity index (χ1) is 8.21. The Bertz CT molecular complexity index is 356. The number of carbonyl (C=O) groups excluding carboxylic acids is 1. The number of aliphatic hydroxyl groups excluding tert-OH is 1. The van der Waals surface area contributed by atoms with Gasteiger partial charge in [-0.2, -0.15) is 0 Å². The molecule has 1 aromatic rings. The van der Waals surface area contributed by atoms with Crippen molar-refractivity contribution in [2.75, 3.05) is 26.9 Å². The number of carbonyl (C=O) groups is 1. The van der Waals surface area contributed by atoms with Crippen LogP contribution in [0.3, 0.4) is 0 Å². The Morgan fingerprint density at radius 3 is 3.12 bits per heavy atom. The van der Waals surface area contributed by atoms with E-state index >= 15 is 0 Å². The van der Waals surface area contributed by atoms with Crippen LogP contribution in [0.25, 0.3) is 0 Å². The molecule has 1 amide bonds. The molecule has 0 aliphatic heterocycles. The van der Waals surface area contributed by atoms with Crippen LogP contribution in [0.4, 0.5) is 0 Å². The number of thiazole rings is 1. The second kappa shape index (κ2) is 7.33. The van der Waals surface area contributed by atoms with Crippen molar-refractivity contribution < 1.29 is 14.6 Å². The van der Waals surface area contributed by atoms with E-state index in [1.54, 1.807) is 5.38 Å². The Balaban J connectivity index is 2.55. The van der Waals surface area contributed by atoms with Crippen molar-refractivity contribution in [2.45, 2.75) is 12.5 Å². The lowest BCUT2D eigenvalue weighted by atomic mass is 10.3. The third kappa shape index (κ3) is 4.39. The van der Waals surface area contributed by atoms with Gasteiger partial charge >= 0.3 is 0 Å². The summed E-state index contributed by atoms with van der Waals surface area (Å²) in [6.45, 7) is 0.610. The van der Waals surface area contributed by atoms with Crippen LogP contribution in [0.2, 0.25) is 0 Å². The maximum Gasteiger partial charge on any atom is 0.271 e. The van der Waals surface area contributed by atoms with Crippen LogP contribution in [-0.2, 0) is 11.2 Å². The Labute approximate surface area is 104 Å². The van der Waals surface area contributed by atoms with Crippen molar-refractivity contribution in [3.05, 3.63) is 16.1 Å². The predicted octanol–water partition coefficient (Wildman–Crippen LogP) is -0.619. The monoisotopic (exact) mass is 259 g/mol. The average Bonchev–Trinajstić information content (AvgIpc) is 2.77. The van der Waals surface area contributed by atoms with Crippen molar-refractivity contribution in [2.24, 2.45) is 5.73 Å². The number of hydrogen-bond acceptors (Lipinski definition) is 6. The molecule has 1 rings (SSSR count). The van der Waals surface area contributed by atoms with E-state index in [2.05, 4.69) is 10.3 Å². The van der Waals surface area contributed by atoms with E-state index in [-0.39, 0.29) is 19.1 Å². The van der Waals surface area contributed by atoms with Crippen LogP contribution in [0.1, 0.15) is 15.5 Å². The van der Waals surface area contributed by atoms with Gasteiger partial charge < -0.3 is 20.9 Å². The van der Waals surface area contributed by atoms with Crippen LogP contribution in [0, 0.1) is 0 Å². The van der Waals surface area contributed by atoms with Gasteiger partial charge in [0.05, 0.1) is 24.3 Å². The molecule has 0 spiro atoms. The molecule has 1 heterocycles. The molecule has 0 bridgehead atoms. The van der Waals surface area contributed by atoms with Crippen molar-refractivity contribution in [3.8, 4) is 0 Å². The van der Waals surface area contributed by atoms with E-state index in [1.165, 1.54) is 18.4 Å². The number of hydrogen-bond donors (Lipinski definition) is 3. The first kappa shape index (κ1) is 14.0. The zero-order valence-corrected chi connectivity index (χ0v) is 10.5. The zero-order valence-electron chi connectivity index (χ0n) is 9.68. The molecule has 4 N–H and O–H groups in total. The van der Waals surface area contributed by atoms with Gasteiger partial charge in [-0.05, 0) is 6.54 Å². The van der Waals surface area contributed by atoms with Crippen LogP contribution >= 0.6 is 11.3 Å². The Kier molecular flexibility index (Phi) is 6.06. The van der Waals surface area contributed by atoms with Crippen LogP contribution in [0.5, 0.6) is 0 Å². The largest absolute Gasteiger partial charge is 0.394 e. The van der Waals surface area contributed by atoms with E-state index in [0.717, 1.165) is 5.01 Å². The average molecular weight is 259 g/mol. The molecule has 0 fully saturated rings.